The summed E-state index contributed by atoms with van der Waals surface area (Å²) in [4.78, 5) is 13.4. The van der Waals surface area contributed by atoms with Crippen molar-refractivity contribution in [2.75, 3.05) is 42.7 Å². The second kappa shape index (κ2) is 36.3. The SMILES string of the molecule is CCC(CCCCC(=O)CCCCC(CC)[Si](OC(C)OC(C)OC)(OC(C)OC(C)OC)OC(C)OC(C)OC)[Si](OC(C)OC(C)OC)(OC(C)OC(C)OC)OC(C)OC(C)OC. The fraction of sp³-hybridized carbons (Fsp3) is 0.978. The van der Waals surface area contributed by atoms with Gasteiger partial charge in [-0.2, -0.15) is 0 Å². The van der Waals surface area contributed by atoms with Gasteiger partial charge in [-0.3, -0.25) is 4.79 Å². The lowest BCUT2D eigenvalue weighted by molar-refractivity contribution is -0.255. The maximum Gasteiger partial charge on any atom is 0.510 e. The zero-order valence-corrected chi connectivity index (χ0v) is 46.4. The number of hydrogen-bond donors (Lipinski definition) is 0. The summed E-state index contributed by atoms with van der Waals surface area (Å²) in [6.07, 6.45) is -1.71. The Labute approximate surface area is 401 Å². The predicted molar refractivity (Wildman–Crippen MR) is 250 cm³/mol. The van der Waals surface area contributed by atoms with E-state index in [1.807, 2.05) is 0 Å². The van der Waals surface area contributed by atoms with Crippen molar-refractivity contribution in [1.82, 2.24) is 0 Å². The topological polar surface area (TPSA) is 183 Å². The van der Waals surface area contributed by atoms with Crippen LogP contribution in [-0.4, -0.2) is 142 Å². The summed E-state index contributed by atoms with van der Waals surface area (Å²) in [5.41, 5.74) is -0.428. The van der Waals surface area contributed by atoms with Crippen molar-refractivity contribution in [1.29, 1.82) is 0 Å². The van der Waals surface area contributed by atoms with E-state index in [9.17, 15) is 4.79 Å². The lowest BCUT2D eigenvalue weighted by Crippen LogP contribution is -2.56. The van der Waals surface area contributed by atoms with Crippen LogP contribution in [0.4, 0.5) is 0 Å². The van der Waals surface area contributed by atoms with Crippen molar-refractivity contribution in [2.24, 2.45) is 0 Å². The lowest BCUT2D eigenvalue weighted by atomic mass is 10.0. The molecule has 0 bridgehead atoms. The summed E-state index contributed by atoms with van der Waals surface area (Å²) in [6, 6.07) is 0. The normalized spacial score (nSPS) is 20.7. The van der Waals surface area contributed by atoms with E-state index in [0.717, 1.165) is 12.8 Å². The maximum absolute atomic E-state index is 13.4. The van der Waals surface area contributed by atoms with Crippen LogP contribution < -0.4 is 0 Å². The Bertz CT molecular complexity index is 1010. The Morgan fingerprint density at radius 3 is 0.697 bits per heavy atom. The Hall–Kier alpha value is -0.616. The van der Waals surface area contributed by atoms with Crippen LogP contribution in [0.15, 0.2) is 0 Å². The molecule has 0 spiro atoms. The van der Waals surface area contributed by atoms with Crippen molar-refractivity contribution < 1.29 is 88.2 Å². The van der Waals surface area contributed by atoms with Crippen LogP contribution in [0.3, 0.4) is 0 Å². The zero-order valence-electron chi connectivity index (χ0n) is 44.4. The van der Waals surface area contributed by atoms with Crippen molar-refractivity contribution in [2.45, 2.75) is 248 Å². The first kappa shape index (κ1) is 65.4. The number of methoxy groups -OCH3 is 6. The average Bonchev–Trinajstić information content (AvgIpc) is 3.25. The first-order chi connectivity index (χ1) is 31.1. The molecule has 0 aliphatic carbocycles. The zero-order chi connectivity index (χ0) is 50.5. The molecule has 396 valence electrons. The highest BCUT2D eigenvalue weighted by atomic mass is 28.4. The monoisotopic (exact) mass is 995 g/mol. The molecule has 14 atom stereocenters. The molecular formula is C45H94O19Si2. The van der Waals surface area contributed by atoms with Gasteiger partial charge in [0.25, 0.3) is 0 Å². The number of ketones is 1. The summed E-state index contributed by atoms with van der Waals surface area (Å²) in [7, 11) is 1.83. The van der Waals surface area contributed by atoms with Crippen LogP contribution in [0.25, 0.3) is 0 Å². The van der Waals surface area contributed by atoms with Gasteiger partial charge in [0.2, 0.25) is 0 Å². The smallest absolute Gasteiger partial charge is 0.356 e. The summed E-state index contributed by atoms with van der Waals surface area (Å²) in [5, 5.41) is 0. The molecular weight excluding hydrogens is 901 g/mol. The van der Waals surface area contributed by atoms with Crippen molar-refractivity contribution >= 4 is 23.4 Å². The van der Waals surface area contributed by atoms with E-state index >= 15 is 0 Å². The van der Waals surface area contributed by atoms with Crippen LogP contribution >= 0.6 is 0 Å². The summed E-state index contributed by atoms with van der Waals surface area (Å²) in [6.45, 7) is 25.4. The van der Waals surface area contributed by atoms with Gasteiger partial charge in [-0.15, -0.1) is 0 Å². The molecule has 0 amide bonds. The molecule has 21 heteroatoms. The molecule has 0 aromatic rings. The minimum atomic E-state index is -3.74. The number of carbonyl (C=O) groups is 1. The Morgan fingerprint density at radius 1 is 0.333 bits per heavy atom. The third-order valence-electron chi connectivity index (χ3n) is 10.8. The highest BCUT2D eigenvalue weighted by Crippen LogP contribution is 2.39. The minimum absolute atomic E-state index is 0.180. The molecule has 0 radical (unpaired) electrons. The standard InChI is InChI=1S/C45H94O19Si2/c1-21-44(65(59-37(9)53-31(3)47-15,60-38(10)54-32(4)48-16)61-39(11)55-33(5)49-17)29-25-23-27-43(46)28-24-26-30-45(22-2)66(62-40(12)56-34(6)50-18,63-41(13)57-35(7)51-19)64-42(14)58-36(8)52-20/h31-42,44-45H,21-30H2,1-20H3. The summed E-state index contributed by atoms with van der Waals surface area (Å²) < 4.78 is 108. The molecule has 66 heavy (non-hydrogen) atoms. The predicted octanol–water partition coefficient (Wildman–Crippen LogP) is 9.34. The van der Waals surface area contributed by atoms with Crippen LogP contribution in [0.1, 0.15) is 161 Å². The molecule has 0 saturated carbocycles. The van der Waals surface area contributed by atoms with Gasteiger partial charge in [-0.25, -0.2) is 0 Å². The highest BCUT2D eigenvalue weighted by Gasteiger charge is 2.54. The Balaban J connectivity index is 6.22. The number of ether oxygens (including phenoxy) is 12. The van der Waals surface area contributed by atoms with Crippen LogP contribution in [0.2, 0.25) is 11.1 Å². The summed E-state index contributed by atoms with van der Waals surface area (Å²) in [5.74, 6) is 0.180. The van der Waals surface area contributed by atoms with Gasteiger partial charge in [0, 0.05) is 66.6 Å². The molecule has 0 rings (SSSR count). The molecule has 19 nitrogen and oxygen atoms in total. The van der Waals surface area contributed by atoms with Gasteiger partial charge in [-0.05, 0) is 122 Å². The molecule has 0 aliphatic rings. The number of rotatable bonds is 44. The Kier molecular flexibility index (Phi) is 36.0. The van der Waals surface area contributed by atoms with Crippen LogP contribution in [-0.2, 0) is 88.2 Å². The van der Waals surface area contributed by atoms with Crippen LogP contribution in [0, 0.1) is 0 Å². The van der Waals surface area contributed by atoms with E-state index in [2.05, 4.69) is 13.8 Å². The molecule has 0 saturated heterocycles. The third-order valence-corrected chi connectivity index (χ3v) is 18.1. The molecule has 0 N–H and O–H groups in total. The number of carbonyl (C=O) groups excluding carboxylic acids is 1. The summed E-state index contributed by atoms with van der Waals surface area (Å²) >= 11 is 0. The van der Waals surface area contributed by atoms with Gasteiger partial charge < -0.3 is 83.4 Å². The fourth-order valence-electron chi connectivity index (χ4n) is 7.06. The van der Waals surface area contributed by atoms with E-state index in [1.54, 1.807) is 126 Å². The van der Waals surface area contributed by atoms with E-state index in [1.165, 1.54) is 0 Å². The minimum Gasteiger partial charge on any atom is -0.356 e. The fourth-order valence-corrected chi connectivity index (χ4v) is 13.8. The molecule has 0 aromatic carbocycles. The Morgan fingerprint density at radius 2 is 0.530 bits per heavy atom. The van der Waals surface area contributed by atoms with E-state index in [-0.39, 0.29) is 16.9 Å². The third kappa shape index (κ3) is 27.1. The lowest BCUT2D eigenvalue weighted by Gasteiger charge is -2.41. The second-order valence-corrected chi connectivity index (χ2v) is 21.7. The first-order valence-corrected chi connectivity index (χ1v) is 27.4. The molecule has 0 aliphatic heterocycles. The van der Waals surface area contributed by atoms with Crippen molar-refractivity contribution in [3.8, 4) is 0 Å². The quantitative estimate of drug-likeness (QED) is 0.0319. The number of unbranched alkanes of at least 4 members (excludes halogenated alkanes) is 2. The van der Waals surface area contributed by atoms with Gasteiger partial charge in [0.15, 0.2) is 75.5 Å². The molecule has 14 unspecified atom stereocenters. The number of hydrogen-bond acceptors (Lipinski definition) is 19. The van der Waals surface area contributed by atoms with Gasteiger partial charge in [0.05, 0.1) is 0 Å². The second-order valence-electron chi connectivity index (χ2n) is 16.2. The van der Waals surface area contributed by atoms with E-state index in [0.29, 0.717) is 51.4 Å². The van der Waals surface area contributed by atoms with Gasteiger partial charge in [-0.1, -0.05) is 26.7 Å². The van der Waals surface area contributed by atoms with Crippen molar-refractivity contribution in [3.63, 3.8) is 0 Å². The van der Waals surface area contributed by atoms with E-state index < -0.39 is 93.1 Å². The molecule has 0 heterocycles. The average molecular weight is 995 g/mol. The largest absolute Gasteiger partial charge is 0.510 e. The van der Waals surface area contributed by atoms with Crippen molar-refractivity contribution in [3.05, 3.63) is 0 Å². The maximum atomic E-state index is 13.4. The number of Topliss-reactive ketones (excluding diaryl/α,β-unsaturated/α-hetero) is 1. The highest BCUT2D eigenvalue weighted by molar-refractivity contribution is 6.63. The van der Waals surface area contributed by atoms with Gasteiger partial charge >= 0.3 is 17.6 Å². The first-order valence-electron chi connectivity index (χ1n) is 23.8. The van der Waals surface area contributed by atoms with Gasteiger partial charge in [0.1, 0.15) is 5.78 Å². The molecule has 0 aromatic heterocycles. The van der Waals surface area contributed by atoms with Crippen LogP contribution in [0.5, 0.6) is 0 Å². The van der Waals surface area contributed by atoms with E-state index in [4.69, 9.17) is 83.4 Å². The molecule has 0 fully saturated rings.